The first-order chi connectivity index (χ1) is 6.00. The van der Waals surface area contributed by atoms with Gasteiger partial charge in [-0.1, -0.05) is 0 Å². The zero-order valence-corrected chi connectivity index (χ0v) is 27.0. The van der Waals surface area contributed by atoms with Crippen molar-refractivity contribution in [2.24, 2.45) is 0 Å². The molecule has 0 amide bonds. The van der Waals surface area contributed by atoms with Crippen LogP contribution in [0.3, 0.4) is 0 Å². The maximum absolute atomic E-state index is 8.52. The van der Waals surface area contributed by atoms with Gasteiger partial charge in [-0.05, 0) is 0 Å². The van der Waals surface area contributed by atoms with Crippen LogP contribution in [-0.4, -0.2) is 217 Å². The summed E-state index contributed by atoms with van der Waals surface area (Å²) in [6.07, 6.45) is 0. The summed E-state index contributed by atoms with van der Waals surface area (Å²) in [6.45, 7) is 0. The van der Waals surface area contributed by atoms with Crippen LogP contribution in [0.4, 0.5) is 0 Å². The second-order valence-corrected chi connectivity index (χ2v) is 3.67. The molecule has 0 aliphatic rings. The average molecular weight is 775 g/mol. The molecule has 22 heavy (non-hydrogen) atoms. The third-order valence-corrected chi connectivity index (χ3v) is 0. The van der Waals surface area contributed by atoms with Crippen LogP contribution in [0.5, 0.6) is 0 Å². The van der Waals surface area contributed by atoms with Crippen LogP contribution < -0.4 is 0 Å². The van der Waals surface area contributed by atoms with Gasteiger partial charge < -0.3 is 43.7 Å². The van der Waals surface area contributed by atoms with Crippen LogP contribution in [0.1, 0.15) is 0 Å². The Hall–Kier alpha value is 4.74. The van der Waals surface area contributed by atoms with Gasteiger partial charge in [-0.3, -0.25) is 25.3 Å². The summed E-state index contributed by atoms with van der Waals surface area (Å²) in [5.74, 6) is 0. The first-order valence-corrected chi connectivity index (χ1v) is 6.00. The van der Waals surface area contributed by atoms with Crippen molar-refractivity contribution in [1.82, 2.24) is 0 Å². The zero-order chi connectivity index (χ0) is 13.5. The van der Waals surface area contributed by atoms with Crippen molar-refractivity contribution < 1.29 is 69.0 Å². The molecule has 0 unspecified atom stereocenters. The minimum Gasteiger partial charge on any atom is -1.00 e. The molecule has 0 rings (SSSR count). The normalized spacial score (nSPS) is 7.91. The Morgan fingerprint density at radius 1 is 0.409 bits per heavy atom. The molecule has 0 aliphatic heterocycles. The Bertz CT molecular complexity index is 351. The van der Waals surface area contributed by atoms with Crippen LogP contribution in [0.25, 0.3) is 0 Å². The van der Waals surface area contributed by atoms with Crippen LogP contribution in [0.15, 0.2) is 0 Å². The van der Waals surface area contributed by atoms with E-state index in [1.54, 1.807) is 0 Å². The maximum atomic E-state index is 8.52. The fourth-order valence-electron chi connectivity index (χ4n) is 0. The Balaban J connectivity index is -0.0000000106. The fourth-order valence-corrected chi connectivity index (χ4v) is 0. The summed E-state index contributed by atoms with van der Waals surface area (Å²) in [5, 5.41) is 0. The molecule has 0 aromatic rings. The van der Waals surface area contributed by atoms with Crippen LogP contribution >= 0.6 is 0 Å². The van der Waals surface area contributed by atoms with E-state index >= 15 is 0 Å². The van der Waals surface area contributed by atoms with Gasteiger partial charge in [0, 0.05) is 31.2 Å². The monoisotopic (exact) mass is 777 g/mol. The SMILES string of the molecule is O=S(=O)([O-])[O-].O=S(=O)([O-])[O-].O=S(=O)([O-])[O-].[Al+3].[Ba+2].[Ba+2].[Ba+2].[O-].[O-].[O-]. The maximum Gasteiger partial charge on any atom is 3.00 e. The van der Waals surface area contributed by atoms with E-state index in [1.165, 1.54) is 0 Å². The summed E-state index contributed by atoms with van der Waals surface area (Å²) in [4.78, 5) is 0. The summed E-state index contributed by atoms with van der Waals surface area (Å²) >= 11 is 0. The molecule has 0 N–H and O–H groups in total. The molecule has 0 saturated heterocycles. The van der Waals surface area contributed by atoms with Crippen molar-refractivity contribution in [2.75, 3.05) is 0 Å². The molecule has 0 aliphatic carbocycles. The van der Waals surface area contributed by atoms with Crippen LogP contribution in [0.2, 0.25) is 0 Å². The molecule has 0 spiro atoms. The van der Waals surface area contributed by atoms with Crippen molar-refractivity contribution in [3.63, 3.8) is 0 Å². The molecule has 0 saturated carbocycles. The van der Waals surface area contributed by atoms with Gasteiger partial charge in [0.25, 0.3) is 0 Å². The van der Waals surface area contributed by atoms with Gasteiger partial charge in [-0.15, -0.1) is 0 Å². The van der Waals surface area contributed by atoms with Gasteiger partial charge in [-0.25, -0.2) is 0 Å². The minimum atomic E-state index is -5.17. The predicted octanol–water partition coefficient (Wildman–Crippen LogP) is -5.89. The predicted molar refractivity (Wildman–Crippen MR) is 56.5 cm³/mol. The van der Waals surface area contributed by atoms with E-state index in [4.69, 9.17) is 52.6 Å². The first-order valence-electron chi connectivity index (χ1n) is 2.00. The molecule has 0 bridgehead atoms. The zero-order valence-electron chi connectivity index (χ0n) is 10.0. The molecule has 0 fully saturated rings. The molecule has 22 heteroatoms. The van der Waals surface area contributed by atoms with Crippen molar-refractivity contribution in [3.05, 3.63) is 0 Å². The minimum absolute atomic E-state index is 0. The average Bonchev–Trinajstić information content (AvgIpc) is 1.41. The molecule has 0 aromatic heterocycles. The Kier molecular flexibility index (Phi) is 87.5. The topological polar surface area (TPSA) is 326 Å². The molecule has 0 atom stereocenters. The van der Waals surface area contributed by atoms with E-state index in [1.807, 2.05) is 0 Å². The standard InChI is InChI=1S/Al.3Ba.3H2O4S.3O/c;;;;3*1-5(2,3)4;;;/h;;;;3*(H2,1,2,3,4);;;/q+3;3*+2;;;;3*-1/p-6. The smallest absolute Gasteiger partial charge is 1.00 e. The summed E-state index contributed by atoms with van der Waals surface area (Å²) < 4.78 is 102. The largest absolute Gasteiger partial charge is 3.00 e. The van der Waals surface area contributed by atoms with Gasteiger partial charge >= 0.3 is 164 Å². The molecule has 0 aromatic carbocycles. The third kappa shape index (κ3) is 621. The summed E-state index contributed by atoms with van der Waals surface area (Å²) in [6, 6.07) is 0. The van der Waals surface area contributed by atoms with Gasteiger partial charge in [0.05, 0.1) is 0 Å². The molecular weight excluding hydrogens is 775 g/mol. The molecule has 3 radical (unpaired) electrons. The fraction of sp³-hybridized carbons (Fsp3) is 0. The molecule has 117 valence electrons. The van der Waals surface area contributed by atoms with Crippen LogP contribution in [-0.2, 0) is 47.6 Å². The number of rotatable bonds is 0. The van der Waals surface area contributed by atoms with E-state index < -0.39 is 31.2 Å². The van der Waals surface area contributed by atoms with E-state index in [0.717, 1.165) is 0 Å². The Labute approximate surface area is 257 Å². The molecule has 15 nitrogen and oxygen atoms in total. The molecule has 0 heterocycles. The third-order valence-electron chi connectivity index (χ3n) is 0. The van der Waals surface area contributed by atoms with E-state index in [9.17, 15) is 0 Å². The van der Waals surface area contributed by atoms with Crippen molar-refractivity contribution in [2.45, 2.75) is 0 Å². The van der Waals surface area contributed by atoms with Crippen molar-refractivity contribution >= 4 is 195 Å². The van der Waals surface area contributed by atoms with Gasteiger partial charge in [0.2, 0.25) is 0 Å². The van der Waals surface area contributed by atoms with E-state index in [-0.39, 0.29) is 180 Å². The van der Waals surface area contributed by atoms with E-state index in [0.29, 0.717) is 0 Å². The molecular formula is AlBa3O15S3. The van der Waals surface area contributed by atoms with Gasteiger partial charge in [0.1, 0.15) is 0 Å². The first kappa shape index (κ1) is 63.2. The quantitative estimate of drug-likeness (QED) is 0.126. The Morgan fingerprint density at radius 2 is 0.409 bits per heavy atom. The van der Waals surface area contributed by atoms with Gasteiger partial charge in [0.15, 0.2) is 0 Å². The van der Waals surface area contributed by atoms with E-state index in [2.05, 4.69) is 0 Å². The van der Waals surface area contributed by atoms with Crippen molar-refractivity contribution in [1.29, 1.82) is 0 Å². The van der Waals surface area contributed by atoms with Crippen LogP contribution in [0, 0.1) is 0 Å². The number of hydrogen-bond donors (Lipinski definition) is 0. The Morgan fingerprint density at radius 3 is 0.409 bits per heavy atom. The second kappa shape index (κ2) is 30.5. The van der Waals surface area contributed by atoms with Gasteiger partial charge in [-0.2, -0.15) is 0 Å². The number of hydrogen-bond acceptors (Lipinski definition) is 15. The second-order valence-electron chi connectivity index (χ2n) is 1.22. The summed E-state index contributed by atoms with van der Waals surface area (Å²) in [7, 11) is -15.5. The summed E-state index contributed by atoms with van der Waals surface area (Å²) in [5.41, 5.74) is 0. The van der Waals surface area contributed by atoms with Crippen molar-refractivity contribution in [3.8, 4) is 0 Å².